The predicted octanol–water partition coefficient (Wildman–Crippen LogP) is 4.78. The number of hydrogen-bond acceptors (Lipinski definition) is 0. The van der Waals surface area contributed by atoms with Gasteiger partial charge in [-0.2, -0.15) is 23.8 Å². The second kappa shape index (κ2) is 8.04. The van der Waals surface area contributed by atoms with Crippen molar-refractivity contribution < 1.29 is 26.2 Å². The Bertz CT molecular complexity index is 689. The zero-order valence-corrected chi connectivity index (χ0v) is 16.7. The summed E-state index contributed by atoms with van der Waals surface area (Å²) in [6.45, 7) is 4.42. The van der Waals surface area contributed by atoms with Gasteiger partial charge in [-0.1, -0.05) is 72.8 Å². The standard InChI is InChI=1S/C18H13.C2H7Si.Zr/c1-2-6-13(5-1)14-9-10-18-16(11-14)12-15-7-3-4-8-17(15)18;1-3-2;/h1-10,13H,12H2;3H,1-2H3;/q-1;;. The normalized spacial score (nSPS) is 13.9. The SMILES string of the molecule is C[SiH]C.[Zr].[c-]1c(C2C=CC=C2)ccc2c1Cc1ccccc1-2. The van der Waals surface area contributed by atoms with E-state index < -0.39 is 0 Å². The van der Waals surface area contributed by atoms with Gasteiger partial charge in [-0.15, -0.1) is 11.1 Å². The molecule has 0 aliphatic heterocycles. The third-order valence-electron chi connectivity index (χ3n) is 3.83. The van der Waals surface area contributed by atoms with Gasteiger partial charge in [0.2, 0.25) is 0 Å². The van der Waals surface area contributed by atoms with E-state index in [1.165, 1.54) is 27.8 Å². The molecule has 0 atom stereocenters. The molecule has 0 N–H and O–H groups in total. The molecule has 2 aromatic carbocycles. The van der Waals surface area contributed by atoms with Crippen LogP contribution in [0.25, 0.3) is 11.1 Å². The van der Waals surface area contributed by atoms with Crippen molar-refractivity contribution in [1.82, 2.24) is 0 Å². The van der Waals surface area contributed by atoms with Gasteiger partial charge in [-0.3, -0.25) is 0 Å². The predicted molar refractivity (Wildman–Crippen MR) is 93.4 cm³/mol. The topological polar surface area (TPSA) is 0 Å². The molecule has 1 radical (unpaired) electrons. The quantitative estimate of drug-likeness (QED) is 0.421. The Morgan fingerprint density at radius 3 is 2.36 bits per heavy atom. The Morgan fingerprint density at radius 2 is 1.64 bits per heavy atom. The maximum atomic E-state index is 3.61. The van der Waals surface area contributed by atoms with Crippen molar-refractivity contribution in [2.45, 2.75) is 25.4 Å². The van der Waals surface area contributed by atoms with Gasteiger partial charge < -0.3 is 0 Å². The molecule has 2 aromatic rings. The second-order valence-electron chi connectivity index (χ2n) is 5.51. The molecule has 2 aliphatic rings. The fraction of sp³-hybridized carbons (Fsp3) is 0.200. The summed E-state index contributed by atoms with van der Waals surface area (Å²) in [5, 5.41) is 0. The summed E-state index contributed by atoms with van der Waals surface area (Å²) in [4.78, 5) is 0. The number of fused-ring (bicyclic) bond motifs is 3. The first-order valence-corrected chi connectivity index (χ1v) is 9.86. The van der Waals surface area contributed by atoms with E-state index in [0.717, 1.165) is 15.9 Å². The van der Waals surface area contributed by atoms with Gasteiger partial charge in [-0.05, 0) is 12.3 Å². The maximum absolute atomic E-state index is 3.61. The second-order valence-corrected chi connectivity index (χ2v) is 6.67. The molecule has 0 amide bonds. The zero-order valence-electron chi connectivity index (χ0n) is 13.1. The van der Waals surface area contributed by atoms with Crippen LogP contribution in [0.3, 0.4) is 0 Å². The van der Waals surface area contributed by atoms with E-state index in [-0.39, 0.29) is 26.2 Å². The minimum atomic E-state index is 0. The molecule has 0 aromatic heterocycles. The van der Waals surface area contributed by atoms with Gasteiger partial charge in [0.1, 0.15) is 0 Å². The van der Waals surface area contributed by atoms with Crippen LogP contribution in [-0.4, -0.2) is 9.52 Å². The van der Waals surface area contributed by atoms with Crippen molar-refractivity contribution in [3.8, 4) is 11.1 Å². The summed E-state index contributed by atoms with van der Waals surface area (Å²) in [6, 6.07) is 16.7. The Labute approximate surface area is 155 Å². The zero-order chi connectivity index (χ0) is 14.7. The number of rotatable bonds is 1. The van der Waals surface area contributed by atoms with E-state index >= 15 is 0 Å². The molecular weight excluding hydrogens is 360 g/mol. The minimum Gasteiger partial charge on any atom is -0.175 e. The molecule has 2 aliphatic carbocycles. The third kappa shape index (κ3) is 3.50. The first-order chi connectivity index (χ1) is 10.3. The molecule has 0 spiro atoms. The number of benzene rings is 2. The Kier molecular flexibility index (Phi) is 6.35. The van der Waals surface area contributed by atoms with Gasteiger partial charge >= 0.3 is 0 Å². The first-order valence-electron chi connectivity index (χ1n) is 7.56. The van der Waals surface area contributed by atoms with Crippen LogP contribution in [-0.2, 0) is 32.6 Å². The fourth-order valence-corrected chi connectivity index (χ4v) is 2.91. The van der Waals surface area contributed by atoms with Crippen LogP contribution in [0.1, 0.15) is 22.6 Å². The van der Waals surface area contributed by atoms with Crippen LogP contribution in [0.4, 0.5) is 0 Å². The van der Waals surface area contributed by atoms with Crippen LogP contribution in [0.15, 0.2) is 60.7 Å². The fourth-order valence-electron chi connectivity index (χ4n) is 2.91. The molecule has 0 nitrogen and oxygen atoms in total. The molecule has 22 heavy (non-hydrogen) atoms. The number of hydrogen-bond donors (Lipinski definition) is 0. The Hall–Kier alpha value is -0.980. The molecule has 2 heteroatoms. The van der Waals surface area contributed by atoms with Gasteiger partial charge in [0.05, 0.1) is 0 Å². The summed E-state index contributed by atoms with van der Waals surface area (Å²) in [5.74, 6) is 0.416. The molecule has 4 rings (SSSR count). The molecule has 0 fully saturated rings. The smallest absolute Gasteiger partial charge is 0.0213 e. The van der Waals surface area contributed by atoms with Crippen LogP contribution >= 0.6 is 0 Å². The van der Waals surface area contributed by atoms with Gasteiger partial charge in [0.15, 0.2) is 0 Å². The monoisotopic (exact) mass is 378 g/mol. The van der Waals surface area contributed by atoms with E-state index in [4.69, 9.17) is 0 Å². The molecule has 0 saturated heterocycles. The van der Waals surface area contributed by atoms with E-state index in [0.29, 0.717) is 5.92 Å². The Balaban J connectivity index is 0.000000411. The third-order valence-corrected chi connectivity index (χ3v) is 3.83. The van der Waals surface area contributed by atoms with Crippen LogP contribution in [0.5, 0.6) is 0 Å². The summed E-state index contributed by atoms with van der Waals surface area (Å²) in [5.41, 5.74) is 6.81. The summed E-state index contributed by atoms with van der Waals surface area (Å²) in [6.07, 6.45) is 9.70. The molecule has 0 unspecified atom stereocenters. The Morgan fingerprint density at radius 1 is 0.955 bits per heavy atom. The molecular formula is C20H20SiZr-. The van der Waals surface area contributed by atoms with Crippen molar-refractivity contribution in [2.75, 3.05) is 0 Å². The average Bonchev–Trinajstić information content (AvgIpc) is 3.15. The largest absolute Gasteiger partial charge is 0.175 e. The van der Waals surface area contributed by atoms with Crippen LogP contribution < -0.4 is 0 Å². The van der Waals surface area contributed by atoms with Crippen LogP contribution in [0.2, 0.25) is 13.1 Å². The van der Waals surface area contributed by atoms with E-state index in [1.54, 1.807) is 0 Å². The van der Waals surface area contributed by atoms with Crippen molar-refractivity contribution in [3.05, 3.63) is 83.5 Å². The van der Waals surface area contributed by atoms with E-state index in [2.05, 4.69) is 79.9 Å². The molecule has 0 bridgehead atoms. The van der Waals surface area contributed by atoms with Crippen molar-refractivity contribution in [3.63, 3.8) is 0 Å². The van der Waals surface area contributed by atoms with Crippen molar-refractivity contribution in [2.24, 2.45) is 0 Å². The first kappa shape index (κ1) is 17.4. The van der Waals surface area contributed by atoms with Gasteiger partial charge in [-0.25, -0.2) is 0 Å². The van der Waals surface area contributed by atoms with Crippen LogP contribution in [0, 0.1) is 6.07 Å². The van der Waals surface area contributed by atoms with E-state index in [9.17, 15) is 0 Å². The molecule has 0 saturated carbocycles. The van der Waals surface area contributed by atoms with Gasteiger partial charge in [0, 0.05) is 35.7 Å². The maximum Gasteiger partial charge on any atom is 0.0213 e. The van der Waals surface area contributed by atoms with E-state index in [1.807, 2.05) is 0 Å². The average molecular weight is 380 g/mol. The summed E-state index contributed by atoms with van der Waals surface area (Å²) in [7, 11) is 0.750. The van der Waals surface area contributed by atoms with Crippen molar-refractivity contribution in [1.29, 1.82) is 0 Å². The molecule has 0 heterocycles. The molecule has 109 valence electrons. The van der Waals surface area contributed by atoms with Crippen molar-refractivity contribution >= 4 is 9.52 Å². The number of allylic oxidation sites excluding steroid dienone is 4. The minimum absolute atomic E-state index is 0. The van der Waals surface area contributed by atoms with Gasteiger partial charge in [0.25, 0.3) is 0 Å². The summed E-state index contributed by atoms with van der Waals surface area (Å²) >= 11 is 0. The summed E-state index contributed by atoms with van der Waals surface area (Å²) < 4.78 is 0.